The summed E-state index contributed by atoms with van der Waals surface area (Å²) in [6, 6.07) is 10.0. The minimum atomic E-state index is -0.0452. The van der Waals surface area contributed by atoms with Gasteiger partial charge in [-0.05, 0) is 43.7 Å². The standard InChI is InChI=1S/C18H18N2O2S2/c1-11-8-13(9-16-17(21)19(3)18(23)24-16)12(2)20(11)14-6-5-7-15(10-14)22-4/h5-10H,1-4H3/b16-9+. The molecular weight excluding hydrogens is 340 g/mol. The Morgan fingerprint density at radius 1 is 1.25 bits per heavy atom. The first kappa shape index (κ1) is 16.8. The van der Waals surface area contributed by atoms with Crippen molar-refractivity contribution in [3.05, 3.63) is 52.2 Å². The predicted octanol–water partition coefficient (Wildman–Crippen LogP) is 3.93. The number of aromatic nitrogens is 1. The number of ether oxygens (including phenoxy) is 1. The van der Waals surface area contributed by atoms with Crippen molar-refractivity contribution in [3.8, 4) is 11.4 Å². The fourth-order valence-electron chi connectivity index (χ4n) is 2.77. The van der Waals surface area contributed by atoms with E-state index in [9.17, 15) is 4.79 Å². The zero-order valence-corrected chi connectivity index (χ0v) is 15.6. The Morgan fingerprint density at radius 2 is 2.00 bits per heavy atom. The first-order chi connectivity index (χ1) is 11.4. The molecule has 2 heterocycles. The molecule has 1 aliphatic rings. The number of thiocarbonyl (C=S) groups is 1. The molecule has 1 amide bonds. The van der Waals surface area contributed by atoms with E-state index >= 15 is 0 Å². The molecule has 0 spiro atoms. The largest absolute Gasteiger partial charge is 0.497 e. The van der Waals surface area contributed by atoms with Gasteiger partial charge < -0.3 is 9.30 Å². The molecule has 2 aromatic rings. The van der Waals surface area contributed by atoms with E-state index < -0.39 is 0 Å². The molecule has 1 aromatic heterocycles. The van der Waals surface area contributed by atoms with E-state index in [1.165, 1.54) is 16.7 Å². The van der Waals surface area contributed by atoms with Crippen LogP contribution in [0.2, 0.25) is 0 Å². The van der Waals surface area contributed by atoms with Crippen LogP contribution in [0.1, 0.15) is 17.0 Å². The summed E-state index contributed by atoms with van der Waals surface area (Å²) in [6.45, 7) is 4.10. The number of likely N-dealkylation sites (N-methyl/N-ethyl adjacent to an activating group) is 1. The Morgan fingerprint density at radius 3 is 2.62 bits per heavy atom. The molecule has 0 radical (unpaired) electrons. The van der Waals surface area contributed by atoms with Gasteiger partial charge in [-0.1, -0.05) is 30.0 Å². The summed E-state index contributed by atoms with van der Waals surface area (Å²) in [4.78, 5) is 14.4. The average molecular weight is 358 g/mol. The molecule has 0 bridgehead atoms. The quantitative estimate of drug-likeness (QED) is 0.615. The van der Waals surface area contributed by atoms with Crippen LogP contribution in [0.5, 0.6) is 5.75 Å². The van der Waals surface area contributed by atoms with Gasteiger partial charge in [0.25, 0.3) is 5.91 Å². The highest BCUT2D eigenvalue weighted by Crippen LogP contribution is 2.33. The second kappa shape index (κ2) is 6.45. The molecule has 6 heteroatoms. The summed E-state index contributed by atoms with van der Waals surface area (Å²) in [5, 5.41) is 0. The summed E-state index contributed by atoms with van der Waals surface area (Å²) in [6.07, 6.45) is 1.92. The van der Waals surface area contributed by atoms with Crippen molar-refractivity contribution >= 4 is 40.3 Å². The van der Waals surface area contributed by atoms with Gasteiger partial charge in [0.15, 0.2) is 0 Å². The number of hydrogen-bond donors (Lipinski definition) is 0. The number of thioether (sulfide) groups is 1. The van der Waals surface area contributed by atoms with Crippen LogP contribution in [0.15, 0.2) is 35.2 Å². The minimum absolute atomic E-state index is 0.0452. The monoisotopic (exact) mass is 358 g/mol. The van der Waals surface area contributed by atoms with Crippen LogP contribution in [-0.2, 0) is 4.79 Å². The fourth-order valence-corrected chi connectivity index (χ4v) is 3.94. The molecule has 0 saturated carbocycles. The maximum Gasteiger partial charge on any atom is 0.265 e. The highest BCUT2D eigenvalue weighted by Gasteiger charge is 2.29. The second-order valence-electron chi connectivity index (χ2n) is 5.60. The molecule has 124 valence electrons. The lowest BCUT2D eigenvalue weighted by molar-refractivity contribution is -0.121. The highest BCUT2D eigenvalue weighted by molar-refractivity contribution is 8.26. The Kier molecular flexibility index (Phi) is 4.51. The number of benzene rings is 1. The van der Waals surface area contributed by atoms with E-state index in [1.54, 1.807) is 14.2 Å². The van der Waals surface area contributed by atoms with Crippen LogP contribution in [-0.4, -0.2) is 33.9 Å². The summed E-state index contributed by atoms with van der Waals surface area (Å²) < 4.78 is 8.06. The van der Waals surface area contributed by atoms with E-state index in [-0.39, 0.29) is 5.91 Å². The van der Waals surface area contributed by atoms with Crippen LogP contribution in [0.25, 0.3) is 11.8 Å². The molecule has 24 heavy (non-hydrogen) atoms. The Balaban J connectivity index is 2.04. The third-order valence-electron chi connectivity index (χ3n) is 4.05. The first-order valence-corrected chi connectivity index (χ1v) is 8.69. The van der Waals surface area contributed by atoms with Crippen molar-refractivity contribution in [1.29, 1.82) is 0 Å². The molecular formula is C18H18N2O2S2. The molecule has 0 atom stereocenters. The lowest BCUT2D eigenvalue weighted by Gasteiger charge is -2.11. The van der Waals surface area contributed by atoms with E-state index in [4.69, 9.17) is 17.0 Å². The Labute approximate surface area is 151 Å². The SMILES string of the molecule is COc1cccc(-n2c(C)cc(/C=C3/SC(=S)N(C)C3=O)c2C)c1. The number of methoxy groups -OCH3 is 1. The van der Waals surface area contributed by atoms with E-state index in [1.807, 2.05) is 37.3 Å². The number of carbonyl (C=O) groups is 1. The molecule has 1 aliphatic heterocycles. The predicted molar refractivity (Wildman–Crippen MR) is 103 cm³/mol. The third-order valence-corrected chi connectivity index (χ3v) is 5.54. The van der Waals surface area contributed by atoms with Crippen molar-refractivity contribution in [1.82, 2.24) is 9.47 Å². The van der Waals surface area contributed by atoms with Gasteiger partial charge in [-0.2, -0.15) is 0 Å². The molecule has 0 N–H and O–H groups in total. The number of nitrogens with zero attached hydrogens (tertiary/aromatic N) is 2. The van der Waals surface area contributed by atoms with Crippen LogP contribution in [0, 0.1) is 13.8 Å². The van der Waals surface area contributed by atoms with Crippen molar-refractivity contribution < 1.29 is 9.53 Å². The Hall–Kier alpha value is -2.05. The lowest BCUT2D eigenvalue weighted by atomic mass is 10.2. The summed E-state index contributed by atoms with van der Waals surface area (Å²) in [5.74, 6) is 0.768. The first-order valence-electron chi connectivity index (χ1n) is 7.47. The maximum atomic E-state index is 12.2. The maximum absolute atomic E-state index is 12.2. The van der Waals surface area contributed by atoms with Crippen molar-refractivity contribution in [2.75, 3.05) is 14.2 Å². The smallest absolute Gasteiger partial charge is 0.265 e. The van der Waals surface area contributed by atoms with E-state index in [2.05, 4.69) is 17.6 Å². The number of amides is 1. The number of hydrogen-bond acceptors (Lipinski definition) is 4. The topological polar surface area (TPSA) is 34.5 Å². The Bertz CT molecular complexity index is 868. The second-order valence-corrected chi connectivity index (χ2v) is 7.28. The van der Waals surface area contributed by atoms with E-state index in [0.29, 0.717) is 9.23 Å². The van der Waals surface area contributed by atoms with Gasteiger partial charge in [-0.25, -0.2) is 0 Å². The van der Waals surface area contributed by atoms with Crippen LogP contribution >= 0.6 is 24.0 Å². The van der Waals surface area contributed by atoms with Gasteiger partial charge in [0.2, 0.25) is 0 Å². The number of aryl methyl sites for hydroxylation is 1. The van der Waals surface area contributed by atoms with Gasteiger partial charge in [0.1, 0.15) is 10.1 Å². The average Bonchev–Trinajstić information content (AvgIpc) is 2.98. The van der Waals surface area contributed by atoms with E-state index in [0.717, 1.165) is 28.4 Å². The van der Waals surface area contributed by atoms with Gasteiger partial charge in [0, 0.05) is 30.2 Å². The van der Waals surface area contributed by atoms with Crippen LogP contribution in [0.3, 0.4) is 0 Å². The highest BCUT2D eigenvalue weighted by atomic mass is 32.2. The van der Waals surface area contributed by atoms with Crippen LogP contribution in [0.4, 0.5) is 0 Å². The fraction of sp³-hybridized carbons (Fsp3) is 0.222. The molecule has 0 unspecified atom stereocenters. The summed E-state index contributed by atoms with van der Waals surface area (Å²) in [5.41, 5.74) is 4.22. The van der Waals surface area contributed by atoms with Crippen molar-refractivity contribution in [2.45, 2.75) is 13.8 Å². The zero-order valence-electron chi connectivity index (χ0n) is 14.0. The lowest BCUT2D eigenvalue weighted by Crippen LogP contribution is -2.22. The third kappa shape index (κ3) is 2.87. The molecule has 1 fully saturated rings. The molecule has 4 nitrogen and oxygen atoms in total. The zero-order chi connectivity index (χ0) is 17.4. The summed E-state index contributed by atoms with van der Waals surface area (Å²) in [7, 11) is 3.37. The molecule has 0 aliphatic carbocycles. The van der Waals surface area contributed by atoms with Crippen molar-refractivity contribution in [2.24, 2.45) is 0 Å². The number of carbonyl (C=O) groups excluding carboxylic acids is 1. The molecule has 1 aromatic carbocycles. The van der Waals surface area contributed by atoms with Gasteiger partial charge >= 0.3 is 0 Å². The van der Waals surface area contributed by atoms with Gasteiger partial charge in [-0.15, -0.1) is 0 Å². The molecule has 3 rings (SSSR count). The summed E-state index contributed by atoms with van der Waals surface area (Å²) >= 11 is 6.53. The minimum Gasteiger partial charge on any atom is -0.497 e. The van der Waals surface area contributed by atoms with Crippen molar-refractivity contribution in [3.63, 3.8) is 0 Å². The van der Waals surface area contributed by atoms with Gasteiger partial charge in [-0.3, -0.25) is 9.69 Å². The van der Waals surface area contributed by atoms with Crippen LogP contribution < -0.4 is 4.74 Å². The normalized spacial score (nSPS) is 16.3. The molecule has 1 saturated heterocycles. The van der Waals surface area contributed by atoms with Gasteiger partial charge in [0.05, 0.1) is 12.0 Å². The number of rotatable bonds is 3.